The van der Waals surface area contributed by atoms with Gasteiger partial charge in [-0.05, 0) is 12.8 Å². The van der Waals surface area contributed by atoms with Crippen molar-refractivity contribution in [2.24, 2.45) is 0 Å². The fourth-order valence-electron chi connectivity index (χ4n) is 1.17. The van der Waals surface area contributed by atoms with Crippen LogP contribution in [0.4, 0.5) is 0 Å². The number of hydrogen-bond donors (Lipinski definition) is 2. The van der Waals surface area contributed by atoms with Crippen LogP contribution in [-0.4, -0.2) is 22.4 Å². The van der Waals surface area contributed by atoms with Crippen LogP contribution in [0.15, 0.2) is 12.3 Å². The summed E-state index contributed by atoms with van der Waals surface area (Å²) in [4.78, 5) is 0. The summed E-state index contributed by atoms with van der Waals surface area (Å²) >= 11 is 0. The summed E-state index contributed by atoms with van der Waals surface area (Å²) in [7, 11) is 0. The molecule has 0 aliphatic rings. The lowest BCUT2D eigenvalue weighted by Crippen LogP contribution is -2.27. The molecule has 2 atom stereocenters. The van der Waals surface area contributed by atoms with Gasteiger partial charge in [-0.1, -0.05) is 26.2 Å². The molecular formula is C10H19O3-. The molecule has 2 unspecified atom stereocenters. The van der Waals surface area contributed by atoms with Crippen molar-refractivity contribution in [1.29, 1.82) is 0 Å². The van der Waals surface area contributed by atoms with Crippen LogP contribution >= 0.6 is 0 Å². The maximum Gasteiger partial charge on any atom is 0.0827 e. The first kappa shape index (κ1) is 12.5. The smallest absolute Gasteiger partial charge is 0.0827 e. The largest absolute Gasteiger partial charge is 0.876 e. The summed E-state index contributed by atoms with van der Waals surface area (Å²) in [6.07, 6.45) is 1.80. The summed E-state index contributed by atoms with van der Waals surface area (Å²) in [6.45, 7) is 5.22. The van der Waals surface area contributed by atoms with Gasteiger partial charge in [0.2, 0.25) is 0 Å². The van der Waals surface area contributed by atoms with Gasteiger partial charge in [-0.3, -0.25) is 0 Å². The van der Waals surface area contributed by atoms with Crippen LogP contribution in [-0.2, 0) is 0 Å². The maximum atomic E-state index is 10.5. The van der Waals surface area contributed by atoms with E-state index in [-0.39, 0.29) is 12.2 Å². The van der Waals surface area contributed by atoms with E-state index >= 15 is 0 Å². The number of aliphatic hydroxyl groups excluding tert-OH is 2. The molecule has 0 saturated carbocycles. The minimum absolute atomic E-state index is 0.0483. The van der Waals surface area contributed by atoms with E-state index in [0.717, 1.165) is 19.3 Å². The van der Waals surface area contributed by atoms with Gasteiger partial charge in [-0.2, -0.15) is 0 Å². The van der Waals surface area contributed by atoms with Gasteiger partial charge in [0.15, 0.2) is 0 Å². The zero-order chi connectivity index (χ0) is 10.3. The van der Waals surface area contributed by atoms with E-state index in [9.17, 15) is 15.3 Å². The Morgan fingerprint density at radius 1 is 1.31 bits per heavy atom. The predicted octanol–water partition coefficient (Wildman–Crippen LogP) is 0.553. The average molecular weight is 187 g/mol. The van der Waals surface area contributed by atoms with Gasteiger partial charge in [0.05, 0.1) is 12.2 Å². The van der Waals surface area contributed by atoms with Crippen LogP contribution < -0.4 is 5.11 Å². The molecule has 0 amide bonds. The highest BCUT2D eigenvalue weighted by Gasteiger charge is 2.14. The Bertz CT molecular complexity index is 145. The number of rotatable bonds is 7. The van der Waals surface area contributed by atoms with Gasteiger partial charge < -0.3 is 15.3 Å². The van der Waals surface area contributed by atoms with Crippen molar-refractivity contribution < 1.29 is 15.3 Å². The van der Waals surface area contributed by atoms with Crippen molar-refractivity contribution in [3.8, 4) is 0 Å². The monoisotopic (exact) mass is 187 g/mol. The molecule has 0 bridgehead atoms. The van der Waals surface area contributed by atoms with Crippen molar-refractivity contribution >= 4 is 0 Å². The third-order valence-electron chi connectivity index (χ3n) is 1.98. The van der Waals surface area contributed by atoms with Crippen LogP contribution in [0.25, 0.3) is 0 Å². The quantitative estimate of drug-likeness (QED) is 0.452. The third-order valence-corrected chi connectivity index (χ3v) is 1.98. The molecule has 0 saturated heterocycles. The fraction of sp³-hybridized carbons (Fsp3) is 0.800. The van der Waals surface area contributed by atoms with Crippen molar-refractivity contribution in [3.63, 3.8) is 0 Å². The molecule has 0 fully saturated rings. The molecule has 0 aromatic rings. The normalized spacial score (nSPS) is 15.3. The van der Waals surface area contributed by atoms with Crippen LogP contribution in [0.2, 0.25) is 0 Å². The fourth-order valence-corrected chi connectivity index (χ4v) is 1.17. The molecule has 0 radical (unpaired) electrons. The van der Waals surface area contributed by atoms with Gasteiger partial charge in [-0.25, -0.2) is 0 Å². The van der Waals surface area contributed by atoms with E-state index in [4.69, 9.17) is 0 Å². The second-order valence-corrected chi connectivity index (χ2v) is 3.37. The molecule has 0 spiro atoms. The molecule has 13 heavy (non-hydrogen) atoms. The molecule has 78 valence electrons. The lowest BCUT2D eigenvalue weighted by Gasteiger charge is -2.20. The van der Waals surface area contributed by atoms with Gasteiger partial charge in [0.25, 0.3) is 0 Å². The van der Waals surface area contributed by atoms with Crippen LogP contribution in [0.5, 0.6) is 0 Å². The summed E-state index contributed by atoms with van der Waals surface area (Å²) in [5.74, 6) is -0.331. The van der Waals surface area contributed by atoms with E-state index in [0.29, 0.717) is 6.42 Å². The number of hydrogen-bond acceptors (Lipinski definition) is 3. The molecular weight excluding hydrogens is 168 g/mol. The zero-order valence-corrected chi connectivity index (χ0v) is 8.20. The topological polar surface area (TPSA) is 63.5 Å². The van der Waals surface area contributed by atoms with Crippen LogP contribution in [0.1, 0.15) is 39.0 Å². The van der Waals surface area contributed by atoms with E-state index in [1.165, 1.54) is 0 Å². The predicted molar refractivity (Wildman–Crippen MR) is 49.9 cm³/mol. The van der Waals surface area contributed by atoms with E-state index in [2.05, 4.69) is 13.5 Å². The molecule has 3 nitrogen and oxygen atoms in total. The molecule has 0 aromatic heterocycles. The molecule has 2 N–H and O–H groups in total. The zero-order valence-electron chi connectivity index (χ0n) is 8.20. The maximum absolute atomic E-state index is 10.5. The van der Waals surface area contributed by atoms with Gasteiger partial charge in [0, 0.05) is 0 Å². The van der Waals surface area contributed by atoms with Crippen LogP contribution in [0, 0.1) is 0 Å². The van der Waals surface area contributed by atoms with E-state index < -0.39 is 12.2 Å². The summed E-state index contributed by atoms with van der Waals surface area (Å²) in [5, 5.41) is 29.1. The Hall–Kier alpha value is -0.540. The van der Waals surface area contributed by atoms with Crippen molar-refractivity contribution in [2.45, 2.75) is 51.2 Å². The Kier molecular flexibility index (Phi) is 6.63. The van der Waals surface area contributed by atoms with E-state index in [1.54, 1.807) is 0 Å². The Labute approximate surface area is 79.7 Å². The second-order valence-electron chi connectivity index (χ2n) is 3.37. The Morgan fingerprint density at radius 3 is 2.38 bits per heavy atom. The first-order valence-corrected chi connectivity index (χ1v) is 4.78. The SMILES string of the molecule is C=C([O-])CC(O)C(O)CCCCC. The van der Waals surface area contributed by atoms with Crippen molar-refractivity contribution in [1.82, 2.24) is 0 Å². The number of aliphatic hydroxyl groups is 2. The van der Waals surface area contributed by atoms with Gasteiger partial charge >= 0.3 is 0 Å². The lowest BCUT2D eigenvalue weighted by molar-refractivity contribution is -0.309. The first-order valence-electron chi connectivity index (χ1n) is 4.78. The molecule has 0 aliphatic heterocycles. The second kappa shape index (κ2) is 6.92. The summed E-state index contributed by atoms with van der Waals surface area (Å²) in [5.41, 5.74) is 0. The van der Waals surface area contributed by atoms with Gasteiger partial charge in [0.1, 0.15) is 0 Å². The van der Waals surface area contributed by atoms with Crippen molar-refractivity contribution in [3.05, 3.63) is 12.3 Å². The first-order chi connectivity index (χ1) is 6.07. The highest BCUT2D eigenvalue weighted by molar-refractivity contribution is 4.83. The Morgan fingerprint density at radius 2 is 1.92 bits per heavy atom. The minimum atomic E-state index is -0.943. The standard InChI is InChI=1S/C10H20O3/c1-3-4-5-6-9(12)10(13)7-8(2)11/h9-13H,2-7H2,1H3/p-1. The van der Waals surface area contributed by atoms with E-state index in [1.807, 2.05) is 0 Å². The van der Waals surface area contributed by atoms with Crippen molar-refractivity contribution in [2.75, 3.05) is 0 Å². The minimum Gasteiger partial charge on any atom is -0.876 e. The summed E-state index contributed by atoms with van der Waals surface area (Å²) < 4.78 is 0. The highest BCUT2D eigenvalue weighted by Crippen LogP contribution is 2.10. The highest BCUT2D eigenvalue weighted by atomic mass is 16.3. The summed E-state index contributed by atoms with van der Waals surface area (Å²) in [6, 6.07) is 0. The molecule has 3 heteroatoms. The molecule has 0 heterocycles. The van der Waals surface area contributed by atoms with Crippen LogP contribution in [0.3, 0.4) is 0 Å². The molecule has 0 aliphatic carbocycles. The average Bonchev–Trinajstić information content (AvgIpc) is 2.03. The molecule has 0 rings (SSSR count). The molecule has 0 aromatic carbocycles. The Balaban J connectivity index is 3.56. The third kappa shape index (κ3) is 6.61. The lowest BCUT2D eigenvalue weighted by atomic mass is 10.0. The number of unbranched alkanes of at least 4 members (excludes halogenated alkanes) is 2. The van der Waals surface area contributed by atoms with Gasteiger partial charge in [-0.15, -0.1) is 12.3 Å².